The third kappa shape index (κ3) is 4.21. The molecule has 1 aromatic heterocycles. The summed E-state index contributed by atoms with van der Waals surface area (Å²) in [5.74, 6) is 0. The van der Waals surface area contributed by atoms with E-state index in [9.17, 15) is 9.59 Å². The SMILES string of the molecule is CCOC(=O)n1[nH]c(=O)c2cc(CCCOCc3ccccc3)ccc21. The lowest BCUT2D eigenvalue weighted by molar-refractivity contribution is 0.118. The quantitative estimate of drug-likeness (QED) is 0.659. The zero-order valence-electron chi connectivity index (χ0n) is 14.7. The van der Waals surface area contributed by atoms with Crippen LogP contribution in [-0.2, 0) is 22.5 Å². The fourth-order valence-electron chi connectivity index (χ4n) is 2.81. The van der Waals surface area contributed by atoms with Crippen molar-refractivity contribution in [3.63, 3.8) is 0 Å². The van der Waals surface area contributed by atoms with E-state index in [1.54, 1.807) is 13.0 Å². The van der Waals surface area contributed by atoms with Crippen LogP contribution in [0.15, 0.2) is 53.3 Å². The maximum atomic E-state index is 12.1. The number of carbonyl (C=O) groups is 1. The van der Waals surface area contributed by atoms with Gasteiger partial charge >= 0.3 is 6.09 Å². The van der Waals surface area contributed by atoms with Gasteiger partial charge in [-0.3, -0.25) is 9.89 Å². The molecule has 1 heterocycles. The molecular formula is C20H22N2O4. The molecule has 26 heavy (non-hydrogen) atoms. The lowest BCUT2D eigenvalue weighted by Crippen LogP contribution is -2.17. The number of aromatic nitrogens is 2. The van der Waals surface area contributed by atoms with Crippen molar-refractivity contribution in [1.82, 2.24) is 9.78 Å². The molecule has 0 aliphatic carbocycles. The van der Waals surface area contributed by atoms with E-state index in [-0.39, 0.29) is 12.2 Å². The van der Waals surface area contributed by atoms with Gasteiger partial charge in [0.15, 0.2) is 0 Å². The third-order valence-electron chi connectivity index (χ3n) is 4.08. The molecule has 0 spiro atoms. The highest BCUT2D eigenvalue weighted by atomic mass is 16.6. The molecule has 0 aliphatic heterocycles. The van der Waals surface area contributed by atoms with Crippen LogP contribution in [0.25, 0.3) is 10.9 Å². The Morgan fingerprint density at radius 3 is 2.69 bits per heavy atom. The summed E-state index contributed by atoms with van der Waals surface area (Å²) in [6, 6.07) is 15.6. The molecule has 3 aromatic rings. The number of aromatic amines is 1. The molecule has 0 unspecified atom stereocenters. The molecule has 0 bridgehead atoms. The summed E-state index contributed by atoms with van der Waals surface area (Å²) in [7, 11) is 0. The smallest absolute Gasteiger partial charge is 0.433 e. The number of nitrogens with zero attached hydrogens (tertiary/aromatic N) is 1. The average Bonchev–Trinajstić information content (AvgIpc) is 2.99. The van der Waals surface area contributed by atoms with Crippen LogP contribution in [-0.4, -0.2) is 29.1 Å². The summed E-state index contributed by atoms with van der Waals surface area (Å²) in [6.45, 7) is 3.22. The first-order valence-electron chi connectivity index (χ1n) is 8.71. The minimum atomic E-state index is -0.582. The number of fused-ring (bicyclic) bond motifs is 1. The summed E-state index contributed by atoms with van der Waals surface area (Å²) in [5, 5.41) is 3.01. The summed E-state index contributed by atoms with van der Waals surface area (Å²) in [5.41, 5.74) is 2.42. The molecule has 0 aliphatic rings. The monoisotopic (exact) mass is 354 g/mol. The molecule has 136 valence electrons. The summed E-state index contributed by atoms with van der Waals surface area (Å²) in [4.78, 5) is 24.0. The molecule has 1 N–H and O–H groups in total. The van der Waals surface area contributed by atoms with E-state index in [1.807, 2.05) is 42.5 Å². The highest BCUT2D eigenvalue weighted by Gasteiger charge is 2.13. The molecule has 6 heteroatoms. The summed E-state index contributed by atoms with van der Waals surface area (Å²) >= 11 is 0. The normalized spacial score (nSPS) is 11.0. The Hall–Kier alpha value is -2.86. The van der Waals surface area contributed by atoms with Gasteiger partial charge in [0.25, 0.3) is 5.56 Å². The highest BCUT2D eigenvalue weighted by molar-refractivity contribution is 5.87. The van der Waals surface area contributed by atoms with Crippen molar-refractivity contribution in [3.05, 3.63) is 70.0 Å². The van der Waals surface area contributed by atoms with Gasteiger partial charge in [0.1, 0.15) is 0 Å². The van der Waals surface area contributed by atoms with Crippen molar-refractivity contribution in [1.29, 1.82) is 0 Å². The number of rotatable bonds is 7. The maximum Gasteiger partial charge on any atom is 0.433 e. The second kappa shape index (κ2) is 8.49. The van der Waals surface area contributed by atoms with Crippen molar-refractivity contribution in [2.24, 2.45) is 0 Å². The van der Waals surface area contributed by atoms with Crippen LogP contribution >= 0.6 is 0 Å². The molecule has 0 fully saturated rings. The van der Waals surface area contributed by atoms with Crippen LogP contribution in [0.1, 0.15) is 24.5 Å². The van der Waals surface area contributed by atoms with Crippen molar-refractivity contribution in [2.75, 3.05) is 13.2 Å². The van der Waals surface area contributed by atoms with Crippen LogP contribution in [0.3, 0.4) is 0 Å². The van der Waals surface area contributed by atoms with E-state index in [0.29, 0.717) is 24.1 Å². The van der Waals surface area contributed by atoms with E-state index < -0.39 is 6.09 Å². The Bertz CT molecular complexity index is 928. The number of aryl methyl sites for hydroxylation is 1. The Morgan fingerprint density at radius 2 is 1.92 bits per heavy atom. The zero-order chi connectivity index (χ0) is 18.4. The van der Waals surface area contributed by atoms with Gasteiger partial charge in [0.05, 0.1) is 24.1 Å². The van der Waals surface area contributed by atoms with E-state index in [1.165, 1.54) is 0 Å². The summed E-state index contributed by atoms with van der Waals surface area (Å²) < 4.78 is 11.8. The standard InChI is InChI=1S/C20H22N2O4/c1-2-26-20(24)22-18-11-10-15(13-17(18)19(23)21-22)9-6-12-25-14-16-7-4-3-5-8-16/h3-5,7-8,10-11,13H,2,6,9,12,14H2,1H3,(H,21,23). The Morgan fingerprint density at radius 1 is 1.12 bits per heavy atom. The number of benzene rings is 2. The van der Waals surface area contributed by atoms with Crippen molar-refractivity contribution in [2.45, 2.75) is 26.4 Å². The Balaban J connectivity index is 1.58. The third-order valence-corrected chi connectivity index (χ3v) is 4.08. The molecule has 0 atom stereocenters. The lowest BCUT2D eigenvalue weighted by Gasteiger charge is -2.06. The van der Waals surface area contributed by atoms with Crippen molar-refractivity contribution in [3.8, 4) is 0 Å². The topological polar surface area (TPSA) is 73.3 Å². The molecule has 6 nitrogen and oxygen atoms in total. The van der Waals surface area contributed by atoms with Crippen molar-refractivity contribution < 1.29 is 14.3 Å². The number of carbonyl (C=O) groups excluding carboxylic acids is 1. The van der Waals surface area contributed by atoms with Gasteiger partial charge in [-0.2, -0.15) is 4.68 Å². The van der Waals surface area contributed by atoms with Gasteiger partial charge < -0.3 is 9.47 Å². The number of ether oxygens (including phenoxy) is 2. The molecule has 0 saturated carbocycles. The number of hydrogen-bond acceptors (Lipinski definition) is 4. The summed E-state index contributed by atoms with van der Waals surface area (Å²) in [6.07, 6.45) is 1.07. The molecule has 0 saturated heterocycles. The number of H-pyrrole nitrogens is 1. The second-order valence-electron chi connectivity index (χ2n) is 5.97. The predicted molar refractivity (Wildman–Crippen MR) is 99.4 cm³/mol. The van der Waals surface area contributed by atoms with Crippen LogP contribution in [0.2, 0.25) is 0 Å². The van der Waals surface area contributed by atoms with Gasteiger partial charge in [0, 0.05) is 6.61 Å². The number of nitrogens with one attached hydrogen (secondary N) is 1. The van der Waals surface area contributed by atoms with Crippen LogP contribution in [0.4, 0.5) is 4.79 Å². The highest BCUT2D eigenvalue weighted by Crippen LogP contribution is 2.14. The maximum absolute atomic E-state index is 12.1. The zero-order valence-corrected chi connectivity index (χ0v) is 14.7. The Kier molecular flexibility index (Phi) is 5.86. The first kappa shape index (κ1) is 17.9. The van der Waals surface area contributed by atoms with Gasteiger partial charge in [-0.25, -0.2) is 4.79 Å². The fourth-order valence-corrected chi connectivity index (χ4v) is 2.81. The molecule has 3 rings (SSSR count). The second-order valence-corrected chi connectivity index (χ2v) is 5.97. The van der Waals surface area contributed by atoms with E-state index >= 15 is 0 Å². The van der Waals surface area contributed by atoms with Crippen molar-refractivity contribution >= 4 is 17.0 Å². The fraction of sp³-hybridized carbons (Fsp3) is 0.300. The van der Waals surface area contributed by atoms with Gasteiger partial charge in [-0.15, -0.1) is 0 Å². The van der Waals surface area contributed by atoms with Gasteiger partial charge in [-0.1, -0.05) is 36.4 Å². The first-order valence-corrected chi connectivity index (χ1v) is 8.71. The minimum absolute atomic E-state index is 0.252. The molecule has 2 aromatic carbocycles. The number of hydrogen-bond donors (Lipinski definition) is 1. The molecule has 0 radical (unpaired) electrons. The molecule has 0 amide bonds. The average molecular weight is 354 g/mol. The van der Waals surface area contributed by atoms with Gasteiger partial charge in [-0.05, 0) is 43.0 Å². The van der Waals surface area contributed by atoms with E-state index in [4.69, 9.17) is 9.47 Å². The molecular weight excluding hydrogens is 332 g/mol. The Labute approximate surface area is 151 Å². The first-order chi connectivity index (χ1) is 12.7. The predicted octanol–water partition coefficient (Wildman–Crippen LogP) is 3.48. The lowest BCUT2D eigenvalue weighted by atomic mass is 10.1. The minimum Gasteiger partial charge on any atom is -0.448 e. The van der Waals surface area contributed by atoms with Crippen LogP contribution in [0, 0.1) is 0 Å². The van der Waals surface area contributed by atoms with E-state index in [2.05, 4.69) is 5.10 Å². The van der Waals surface area contributed by atoms with Gasteiger partial charge in [0.2, 0.25) is 0 Å². The van der Waals surface area contributed by atoms with E-state index in [0.717, 1.165) is 28.7 Å². The van der Waals surface area contributed by atoms with Crippen LogP contribution in [0.5, 0.6) is 0 Å². The van der Waals surface area contributed by atoms with Crippen LogP contribution < -0.4 is 5.56 Å². The largest absolute Gasteiger partial charge is 0.448 e.